The van der Waals surface area contributed by atoms with Gasteiger partial charge in [-0.05, 0) is 78.4 Å². The maximum Gasteiger partial charge on any atom is 0.248 e. The van der Waals surface area contributed by atoms with E-state index in [1.165, 1.54) is 32.5 Å². The van der Waals surface area contributed by atoms with Crippen LogP contribution in [0.2, 0.25) is 0 Å². The number of hydrogen-bond acceptors (Lipinski definition) is 5. The van der Waals surface area contributed by atoms with Gasteiger partial charge < -0.3 is 15.4 Å². The topological polar surface area (TPSA) is 58.8 Å². The highest BCUT2D eigenvalue weighted by molar-refractivity contribution is 7.17. The van der Waals surface area contributed by atoms with E-state index >= 15 is 0 Å². The molecule has 0 bridgehead atoms. The van der Waals surface area contributed by atoms with Gasteiger partial charge in [0.25, 0.3) is 0 Å². The number of carbonyl (C=O) groups excluding carboxylic acids is 1. The number of carbonyl (C=O) groups is 1. The third-order valence-electron chi connectivity index (χ3n) is 7.03. The maximum atomic E-state index is 11.5. The second-order valence-electron chi connectivity index (χ2n) is 9.11. The molecule has 2 aliphatic heterocycles. The summed E-state index contributed by atoms with van der Waals surface area (Å²) in [6.45, 7) is 9.38. The molecule has 6 heteroatoms. The Bertz CT molecular complexity index is 1140. The number of nitrogens with zero attached hydrogens (tertiary/aromatic N) is 2. The monoisotopic (exact) mass is 449 g/mol. The molecule has 32 heavy (non-hydrogen) atoms. The molecule has 1 aromatic heterocycles. The van der Waals surface area contributed by atoms with Gasteiger partial charge in [0.05, 0.1) is 12.7 Å². The number of benzene rings is 2. The van der Waals surface area contributed by atoms with Crippen LogP contribution in [0.3, 0.4) is 0 Å². The molecular formula is C26H31N3O2S. The highest BCUT2D eigenvalue weighted by atomic mass is 32.1. The summed E-state index contributed by atoms with van der Waals surface area (Å²) >= 11 is 1.84. The second-order valence-corrected chi connectivity index (χ2v) is 10.0. The first kappa shape index (κ1) is 21.4. The molecule has 2 atom stereocenters. The molecule has 168 valence electrons. The normalized spacial score (nSPS) is 21.6. The Morgan fingerprint density at radius 2 is 2.09 bits per heavy atom. The molecule has 5 nitrogen and oxygen atoms in total. The first-order valence-electron chi connectivity index (χ1n) is 11.5. The molecule has 0 unspecified atom stereocenters. The van der Waals surface area contributed by atoms with E-state index in [9.17, 15) is 4.79 Å². The summed E-state index contributed by atoms with van der Waals surface area (Å²) in [7, 11) is 0. The van der Waals surface area contributed by atoms with E-state index in [1.54, 1.807) is 0 Å². The minimum Gasteiger partial charge on any atom is -0.373 e. The maximum absolute atomic E-state index is 11.5. The van der Waals surface area contributed by atoms with Gasteiger partial charge in [0.15, 0.2) is 0 Å². The number of fused-ring (bicyclic) bond motifs is 2. The Morgan fingerprint density at radius 1 is 1.22 bits per heavy atom. The van der Waals surface area contributed by atoms with E-state index in [2.05, 4.69) is 47.2 Å². The number of anilines is 1. The largest absolute Gasteiger partial charge is 0.373 e. The number of amides is 1. The van der Waals surface area contributed by atoms with Crippen LogP contribution >= 0.6 is 11.3 Å². The van der Waals surface area contributed by atoms with Gasteiger partial charge >= 0.3 is 0 Å². The molecule has 1 amide bonds. The predicted molar refractivity (Wildman–Crippen MR) is 132 cm³/mol. The van der Waals surface area contributed by atoms with Gasteiger partial charge in [-0.15, -0.1) is 11.3 Å². The van der Waals surface area contributed by atoms with Crippen LogP contribution in [-0.2, 0) is 11.2 Å². The van der Waals surface area contributed by atoms with Crippen molar-refractivity contribution in [3.63, 3.8) is 0 Å². The van der Waals surface area contributed by atoms with Gasteiger partial charge in [-0.3, -0.25) is 9.69 Å². The lowest BCUT2D eigenvalue weighted by Gasteiger charge is -2.41. The van der Waals surface area contributed by atoms with E-state index in [-0.39, 0.29) is 12.0 Å². The van der Waals surface area contributed by atoms with Crippen molar-refractivity contribution in [1.29, 1.82) is 0 Å². The van der Waals surface area contributed by atoms with Gasteiger partial charge in [-0.1, -0.05) is 12.1 Å². The molecule has 1 fully saturated rings. The lowest BCUT2D eigenvalue weighted by Crippen LogP contribution is -2.52. The first-order chi connectivity index (χ1) is 15.5. The zero-order valence-corrected chi connectivity index (χ0v) is 19.7. The Kier molecular flexibility index (Phi) is 5.93. The molecular weight excluding hydrogens is 418 g/mol. The zero-order chi connectivity index (χ0) is 22.2. The fourth-order valence-corrected chi connectivity index (χ4v) is 6.10. The number of primary amides is 1. The number of piperazine rings is 1. The van der Waals surface area contributed by atoms with Crippen molar-refractivity contribution in [1.82, 2.24) is 4.90 Å². The molecule has 3 aromatic rings. The summed E-state index contributed by atoms with van der Waals surface area (Å²) in [4.78, 5) is 16.6. The molecule has 1 saturated heterocycles. The van der Waals surface area contributed by atoms with Crippen LogP contribution in [-0.4, -0.2) is 49.6 Å². The summed E-state index contributed by atoms with van der Waals surface area (Å²) in [5.41, 5.74) is 11.2. The zero-order valence-electron chi connectivity index (χ0n) is 18.8. The Morgan fingerprint density at radius 3 is 2.91 bits per heavy atom. The third-order valence-corrected chi connectivity index (χ3v) is 8.09. The summed E-state index contributed by atoms with van der Waals surface area (Å²) in [5.74, 6) is -0.365. The number of ether oxygens (including phenoxy) is 1. The molecule has 2 aromatic carbocycles. The summed E-state index contributed by atoms with van der Waals surface area (Å²) in [5, 5.41) is 3.62. The predicted octanol–water partition coefficient (Wildman–Crippen LogP) is 4.52. The summed E-state index contributed by atoms with van der Waals surface area (Å²) in [6.07, 6.45) is 1.90. The van der Waals surface area contributed by atoms with Crippen LogP contribution in [0.25, 0.3) is 10.1 Å². The molecule has 0 saturated carbocycles. The first-order valence-corrected chi connectivity index (χ1v) is 12.4. The molecule has 3 heterocycles. The lowest BCUT2D eigenvalue weighted by atomic mass is 9.93. The van der Waals surface area contributed by atoms with Crippen molar-refractivity contribution >= 4 is 33.0 Å². The van der Waals surface area contributed by atoms with Gasteiger partial charge in [0, 0.05) is 48.2 Å². The van der Waals surface area contributed by atoms with E-state index in [0.29, 0.717) is 18.2 Å². The second kappa shape index (κ2) is 8.85. The molecule has 2 aliphatic rings. The van der Waals surface area contributed by atoms with Crippen LogP contribution in [0, 0.1) is 6.92 Å². The SMILES string of the molecule is Cc1csc2cc(N3CCN(CC[C@@H]4OCCc5cc(C(N)=O)ccc54)[C@H](C)C3)ccc12. The van der Waals surface area contributed by atoms with Gasteiger partial charge in [-0.2, -0.15) is 0 Å². The Hall–Kier alpha value is -2.41. The fraction of sp³-hybridized carbons (Fsp3) is 0.423. The third kappa shape index (κ3) is 4.15. The van der Waals surface area contributed by atoms with Crippen molar-refractivity contribution in [2.75, 3.05) is 37.7 Å². The van der Waals surface area contributed by atoms with E-state index in [0.717, 1.165) is 39.0 Å². The van der Waals surface area contributed by atoms with E-state index < -0.39 is 0 Å². The van der Waals surface area contributed by atoms with E-state index in [1.807, 2.05) is 29.5 Å². The van der Waals surface area contributed by atoms with Crippen LogP contribution in [0.4, 0.5) is 5.69 Å². The summed E-state index contributed by atoms with van der Waals surface area (Å²) in [6, 6.07) is 13.2. The molecule has 5 rings (SSSR count). The van der Waals surface area contributed by atoms with E-state index in [4.69, 9.17) is 10.5 Å². The number of aryl methyl sites for hydroxylation is 1. The van der Waals surface area contributed by atoms with Gasteiger partial charge in [0.1, 0.15) is 0 Å². The standard InChI is InChI=1S/C26H31N3O2S/c1-17-16-32-25-14-21(4-6-22(17)25)29-11-10-28(18(2)15-29)9-7-24-23-5-3-20(26(27)30)13-19(23)8-12-31-24/h3-6,13-14,16,18,24H,7-12,15H2,1-2H3,(H2,27,30)/t18-,24+/m1/s1. The Balaban J connectivity index is 1.21. The molecule has 0 radical (unpaired) electrons. The highest BCUT2D eigenvalue weighted by Gasteiger charge is 2.27. The molecule has 2 N–H and O–H groups in total. The minimum atomic E-state index is -0.365. The van der Waals surface area contributed by atoms with Gasteiger partial charge in [-0.25, -0.2) is 0 Å². The average Bonchev–Trinajstić information content (AvgIpc) is 3.17. The Labute approximate surface area is 193 Å². The molecule has 0 spiro atoms. The quantitative estimate of drug-likeness (QED) is 0.622. The van der Waals surface area contributed by atoms with Crippen LogP contribution in [0.15, 0.2) is 41.8 Å². The van der Waals surface area contributed by atoms with Crippen molar-refractivity contribution in [2.45, 2.75) is 38.8 Å². The lowest BCUT2D eigenvalue weighted by molar-refractivity contribution is 0.0255. The summed E-state index contributed by atoms with van der Waals surface area (Å²) < 4.78 is 7.49. The number of nitrogens with two attached hydrogens (primary N) is 1. The number of hydrogen-bond donors (Lipinski definition) is 1. The minimum absolute atomic E-state index is 0.0929. The van der Waals surface area contributed by atoms with Gasteiger partial charge in [0.2, 0.25) is 5.91 Å². The highest BCUT2D eigenvalue weighted by Crippen LogP contribution is 2.32. The number of thiophene rings is 1. The van der Waals surface area contributed by atoms with Crippen molar-refractivity contribution in [3.05, 3.63) is 64.0 Å². The fourth-order valence-electron chi connectivity index (χ4n) is 5.12. The van der Waals surface area contributed by atoms with Crippen molar-refractivity contribution in [3.8, 4) is 0 Å². The van der Waals surface area contributed by atoms with Crippen molar-refractivity contribution < 1.29 is 9.53 Å². The molecule has 0 aliphatic carbocycles. The van der Waals surface area contributed by atoms with Crippen LogP contribution in [0.1, 0.15) is 46.5 Å². The smallest absolute Gasteiger partial charge is 0.248 e. The van der Waals surface area contributed by atoms with Crippen molar-refractivity contribution in [2.24, 2.45) is 5.73 Å². The van der Waals surface area contributed by atoms with Crippen LogP contribution in [0.5, 0.6) is 0 Å². The van der Waals surface area contributed by atoms with Crippen LogP contribution < -0.4 is 10.6 Å². The number of rotatable bonds is 5. The average molecular weight is 450 g/mol.